The highest BCUT2D eigenvalue weighted by molar-refractivity contribution is 5.96. The van der Waals surface area contributed by atoms with Crippen molar-refractivity contribution in [3.63, 3.8) is 0 Å². The SMILES string of the molecule is Cc1ccc(C(=O)N2CC(F)(c3ccc(C#N)cc3)C2)cc1-c1n[nH]c(C)c1C.Cc1ccc(C(=O)O)cc1-c1n[nH]c(C)c1C.Cl.N#Cc1ccc(C2(F)CNC2)cc1. The van der Waals surface area contributed by atoms with Crippen molar-refractivity contribution in [2.24, 2.45) is 0 Å². The van der Waals surface area contributed by atoms with Crippen molar-refractivity contribution in [3.8, 4) is 34.7 Å². The third kappa shape index (κ3) is 9.13. The monoisotopic (exact) mass is 830 g/mol. The lowest BCUT2D eigenvalue weighted by Gasteiger charge is -2.44. The fraction of sp³-hybridized carbons (Fsp3) is 0.261. The van der Waals surface area contributed by atoms with Crippen LogP contribution in [0.3, 0.4) is 0 Å². The van der Waals surface area contributed by atoms with E-state index < -0.39 is 17.3 Å². The molecule has 308 valence electrons. The minimum Gasteiger partial charge on any atom is -0.478 e. The summed E-state index contributed by atoms with van der Waals surface area (Å²) in [5.41, 5.74) is 9.77. The fourth-order valence-electron chi connectivity index (χ4n) is 6.82. The summed E-state index contributed by atoms with van der Waals surface area (Å²) in [6, 6.07) is 27.7. The highest BCUT2D eigenvalue weighted by Crippen LogP contribution is 2.38. The molecule has 11 nitrogen and oxygen atoms in total. The van der Waals surface area contributed by atoms with Crippen LogP contribution in [0.5, 0.6) is 0 Å². The number of benzene rings is 4. The number of aryl methyl sites for hydroxylation is 4. The van der Waals surface area contributed by atoms with Crippen LogP contribution in [0.2, 0.25) is 0 Å². The summed E-state index contributed by atoms with van der Waals surface area (Å²) < 4.78 is 28.9. The summed E-state index contributed by atoms with van der Waals surface area (Å²) in [7, 11) is 0. The molecule has 0 spiro atoms. The van der Waals surface area contributed by atoms with E-state index in [4.69, 9.17) is 15.6 Å². The quantitative estimate of drug-likeness (QED) is 0.129. The normalized spacial score (nSPS) is 14.3. The van der Waals surface area contributed by atoms with Crippen molar-refractivity contribution in [3.05, 3.63) is 152 Å². The van der Waals surface area contributed by atoms with E-state index in [2.05, 4.69) is 25.7 Å². The highest BCUT2D eigenvalue weighted by atomic mass is 35.5. The van der Waals surface area contributed by atoms with Crippen LogP contribution in [-0.2, 0) is 11.3 Å². The van der Waals surface area contributed by atoms with Crippen LogP contribution < -0.4 is 5.32 Å². The van der Waals surface area contributed by atoms with Gasteiger partial charge in [0, 0.05) is 41.2 Å². The molecule has 0 aliphatic carbocycles. The Morgan fingerprint density at radius 3 is 1.45 bits per heavy atom. The molecule has 2 fully saturated rings. The molecule has 6 aromatic rings. The Hall–Kier alpha value is -6.67. The Labute approximate surface area is 353 Å². The molecule has 0 atom stereocenters. The molecule has 2 aromatic heterocycles. The van der Waals surface area contributed by atoms with Crippen molar-refractivity contribution in [2.75, 3.05) is 26.2 Å². The van der Waals surface area contributed by atoms with Crippen molar-refractivity contribution in [1.82, 2.24) is 30.6 Å². The van der Waals surface area contributed by atoms with Gasteiger partial charge in [-0.2, -0.15) is 20.7 Å². The van der Waals surface area contributed by atoms with Gasteiger partial charge >= 0.3 is 5.97 Å². The number of rotatable bonds is 6. The van der Waals surface area contributed by atoms with Gasteiger partial charge in [-0.25, -0.2) is 13.6 Å². The van der Waals surface area contributed by atoms with E-state index in [-0.39, 0.29) is 37.0 Å². The number of hydrogen-bond acceptors (Lipinski definition) is 7. The van der Waals surface area contributed by atoms with Gasteiger partial charge in [0.2, 0.25) is 0 Å². The summed E-state index contributed by atoms with van der Waals surface area (Å²) in [6.07, 6.45) is 0. The first kappa shape index (κ1) is 44.4. The molecule has 2 aliphatic rings. The molecule has 14 heteroatoms. The number of hydrogen-bond donors (Lipinski definition) is 4. The number of nitrogens with one attached hydrogen (secondary N) is 3. The van der Waals surface area contributed by atoms with Gasteiger partial charge in [0.25, 0.3) is 5.91 Å². The maximum Gasteiger partial charge on any atom is 0.335 e. The number of H-pyrrole nitrogens is 2. The van der Waals surface area contributed by atoms with Crippen molar-refractivity contribution in [2.45, 2.75) is 52.9 Å². The fourth-order valence-corrected chi connectivity index (χ4v) is 6.82. The number of nitriles is 2. The molecule has 0 bridgehead atoms. The van der Waals surface area contributed by atoms with E-state index in [1.165, 1.54) is 4.90 Å². The number of amides is 1. The molecule has 0 radical (unpaired) electrons. The Bertz CT molecular complexity index is 2610. The third-order valence-corrected chi connectivity index (χ3v) is 11.0. The zero-order valence-electron chi connectivity index (χ0n) is 34.1. The van der Waals surface area contributed by atoms with Crippen LogP contribution in [-0.4, -0.2) is 68.5 Å². The number of carbonyl (C=O) groups excluding carboxylic acids is 1. The van der Waals surface area contributed by atoms with Crippen molar-refractivity contribution in [1.29, 1.82) is 10.5 Å². The first-order valence-corrected chi connectivity index (χ1v) is 18.9. The summed E-state index contributed by atoms with van der Waals surface area (Å²) in [4.78, 5) is 25.4. The Morgan fingerprint density at radius 2 is 1.08 bits per heavy atom. The van der Waals surface area contributed by atoms with Crippen LogP contribution >= 0.6 is 12.4 Å². The predicted octanol–water partition coefficient (Wildman–Crippen LogP) is 8.64. The number of aromatic nitrogens is 4. The lowest BCUT2D eigenvalue weighted by atomic mass is 9.87. The van der Waals surface area contributed by atoms with Crippen molar-refractivity contribution >= 4 is 24.3 Å². The largest absolute Gasteiger partial charge is 0.478 e. The molecule has 8 rings (SSSR count). The molecule has 2 saturated heterocycles. The summed E-state index contributed by atoms with van der Waals surface area (Å²) in [5.74, 6) is -1.12. The van der Waals surface area contributed by atoms with Gasteiger partial charge in [0.05, 0.1) is 53.3 Å². The highest BCUT2D eigenvalue weighted by Gasteiger charge is 2.47. The second-order valence-corrected chi connectivity index (χ2v) is 15.1. The predicted molar refractivity (Wildman–Crippen MR) is 227 cm³/mol. The summed E-state index contributed by atoms with van der Waals surface area (Å²) >= 11 is 0. The molecular formula is C46H45ClF2N8O3. The summed E-state index contributed by atoms with van der Waals surface area (Å²) in [5, 5.41) is 43.8. The maximum absolute atomic E-state index is 15.2. The number of nitrogens with zero attached hydrogens (tertiary/aromatic N) is 5. The maximum atomic E-state index is 15.2. The van der Waals surface area contributed by atoms with E-state index in [0.29, 0.717) is 40.9 Å². The zero-order chi connectivity index (χ0) is 42.6. The second-order valence-electron chi connectivity index (χ2n) is 15.1. The van der Waals surface area contributed by atoms with Gasteiger partial charge in [-0.3, -0.25) is 15.0 Å². The molecule has 60 heavy (non-hydrogen) atoms. The number of alkyl halides is 2. The van der Waals surface area contributed by atoms with Gasteiger partial charge in [0.15, 0.2) is 11.3 Å². The van der Waals surface area contributed by atoms with Crippen molar-refractivity contribution < 1.29 is 23.5 Å². The average Bonchev–Trinajstić information content (AvgIpc) is 3.73. The number of aromatic amines is 2. The third-order valence-electron chi connectivity index (χ3n) is 11.0. The van der Waals surface area contributed by atoms with Gasteiger partial charge in [0.1, 0.15) is 0 Å². The molecule has 4 heterocycles. The number of carboxylic acids is 1. The van der Waals surface area contributed by atoms with E-state index in [0.717, 1.165) is 56.2 Å². The molecule has 4 N–H and O–H groups in total. The average molecular weight is 831 g/mol. The van der Waals surface area contributed by atoms with Crippen LogP contribution in [0.1, 0.15) is 76.6 Å². The van der Waals surface area contributed by atoms with E-state index in [1.54, 1.807) is 66.7 Å². The number of halogens is 3. The lowest BCUT2D eigenvalue weighted by Crippen LogP contribution is -2.58. The first-order chi connectivity index (χ1) is 28.1. The number of aromatic carboxylic acids is 1. The molecule has 4 aromatic carbocycles. The molecule has 0 unspecified atom stereocenters. The van der Waals surface area contributed by atoms with Gasteiger partial charge < -0.3 is 15.3 Å². The lowest BCUT2D eigenvalue weighted by molar-refractivity contribution is -0.0231. The topological polar surface area (TPSA) is 175 Å². The van der Waals surface area contributed by atoms with E-state index >= 15 is 4.39 Å². The Kier molecular flexibility index (Phi) is 13.4. The Balaban J connectivity index is 0.000000187. The van der Waals surface area contributed by atoms with Crippen LogP contribution in [0, 0.1) is 64.2 Å². The van der Waals surface area contributed by atoms with Crippen LogP contribution in [0.4, 0.5) is 8.78 Å². The standard InChI is InChI=1S/C23H21FN4O.C13H14N2O2.C10H9FN2.ClH/c1-14-4-7-18(10-20(14)21-15(2)16(3)26-27-21)22(29)28-12-23(24,13-28)19-8-5-17(11-25)6-9-19;1-7-4-5-10(13(16)17)6-11(7)12-8(2)9(3)14-15-12;11-10(6-13-7-10)9-3-1-8(5-12)2-4-9;/h4-10H,12-13H2,1-3H3,(H,26,27);4-6H,1-3H3,(H,14,15)(H,16,17);1-4,13H,6-7H2;1H. The van der Waals surface area contributed by atoms with Crippen LogP contribution in [0.25, 0.3) is 22.5 Å². The molecule has 0 saturated carbocycles. The van der Waals surface area contributed by atoms with E-state index in [9.17, 15) is 14.0 Å². The number of likely N-dealkylation sites (tertiary alicyclic amines) is 1. The van der Waals surface area contributed by atoms with Gasteiger partial charge in [-0.1, -0.05) is 36.4 Å². The zero-order valence-corrected chi connectivity index (χ0v) is 34.9. The number of carboxylic acid groups (broad SMARTS) is 1. The van der Waals surface area contributed by atoms with Crippen LogP contribution in [0.15, 0.2) is 84.9 Å². The smallest absolute Gasteiger partial charge is 0.335 e. The van der Waals surface area contributed by atoms with Gasteiger partial charge in [-0.15, -0.1) is 12.4 Å². The molecular weight excluding hydrogens is 786 g/mol. The molecule has 1 amide bonds. The minimum absolute atomic E-state index is 0. The molecule has 2 aliphatic heterocycles. The van der Waals surface area contributed by atoms with Gasteiger partial charge in [-0.05, 0) is 123 Å². The summed E-state index contributed by atoms with van der Waals surface area (Å²) in [6.45, 7) is 12.6. The number of carbonyl (C=O) groups is 2. The minimum atomic E-state index is -1.58. The van der Waals surface area contributed by atoms with E-state index in [1.807, 2.05) is 71.9 Å². The first-order valence-electron chi connectivity index (χ1n) is 18.9. The second kappa shape index (κ2) is 18.1. The Morgan fingerprint density at radius 1 is 0.667 bits per heavy atom.